The molecule has 0 heterocycles. The Labute approximate surface area is 108 Å². The van der Waals surface area contributed by atoms with Gasteiger partial charge in [0.2, 0.25) is 0 Å². The molecule has 0 amide bonds. The second-order valence-corrected chi connectivity index (χ2v) is 5.94. The number of nitrogens with two attached hydrogens (primary N) is 1. The lowest BCUT2D eigenvalue weighted by Crippen LogP contribution is -2.32. The molecule has 0 aromatic rings. The fourth-order valence-electron chi connectivity index (χ4n) is 3.44. The third-order valence-corrected chi connectivity index (χ3v) is 4.22. The largest absolute Gasteiger partial charge is 0.459 e. The van der Waals surface area contributed by atoms with Crippen molar-refractivity contribution in [2.45, 2.75) is 51.2 Å². The highest BCUT2D eigenvalue weighted by molar-refractivity contribution is 5.70. The summed E-state index contributed by atoms with van der Waals surface area (Å²) in [5.41, 5.74) is 5.92. The van der Waals surface area contributed by atoms with E-state index in [2.05, 4.69) is 13.5 Å². The van der Waals surface area contributed by atoms with Crippen LogP contribution in [0.25, 0.3) is 0 Å². The van der Waals surface area contributed by atoms with Crippen molar-refractivity contribution >= 4 is 5.97 Å². The lowest BCUT2D eigenvalue weighted by molar-refractivity contribution is -0.156. The molecule has 2 saturated carbocycles. The molecule has 0 saturated heterocycles. The number of aliphatic hydroxyl groups excluding tert-OH is 1. The summed E-state index contributed by atoms with van der Waals surface area (Å²) in [5.74, 6) is 0.988. The Morgan fingerprint density at radius 1 is 1.33 bits per heavy atom. The molecule has 102 valence electrons. The Morgan fingerprint density at radius 2 is 2.00 bits per heavy atom. The minimum atomic E-state index is -0.482. The molecule has 2 aliphatic rings. The second-order valence-electron chi connectivity index (χ2n) is 5.94. The topological polar surface area (TPSA) is 72.6 Å². The van der Waals surface area contributed by atoms with Gasteiger partial charge in [-0.1, -0.05) is 13.5 Å². The van der Waals surface area contributed by atoms with Crippen LogP contribution < -0.4 is 5.73 Å². The molecule has 0 spiro atoms. The van der Waals surface area contributed by atoms with Gasteiger partial charge in [0.25, 0.3) is 0 Å². The first-order valence-corrected chi connectivity index (χ1v) is 6.78. The molecule has 5 atom stereocenters. The van der Waals surface area contributed by atoms with Gasteiger partial charge in [-0.05, 0) is 43.4 Å². The number of carbonyl (C=O) groups excluding carboxylic acids is 1. The Hall–Kier alpha value is -1.03. The molecular formula is C14H23NO3. The summed E-state index contributed by atoms with van der Waals surface area (Å²) in [6, 6.07) is 0. The van der Waals surface area contributed by atoms with Crippen LogP contribution >= 0.6 is 0 Å². The zero-order valence-electron chi connectivity index (χ0n) is 11.0. The van der Waals surface area contributed by atoms with Crippen LogP contribution in [-0.2, 0) is 9.53 Å². The number of fused-ring (bicyclic) bond motifs is 2. The van der Waals surface area contributed by atoms with E-state index < -0.39 is 6.10 Å². The van der Waals surface area contributed by atoms with Crippen molar-refractivity contribution < 1.29 is 14.6 Å². The molecule has 2 rings (SSSR count). The van der Waals surface area contributed by atoms with Crippen LogP contribution in [-0.4, -0.2) is 23.3 Å². The Bertz CT molecular complexity index is 340. The van der Waals surface area contributed by atoms with E-state index in [0.29, 0.717) is 29.9 Å². The minimum Gasteiger partial charge on any atom is -0.459 e. The third-order valence-electron chi connectivity index (χ3n) is 4.22. The van der Waals surface area contributed by atoms with Crippen molar-refractivity contribution in [3.8, 4) is 0 Å². The summed E-state index contributed by atoms with van der Waals surface area (Å²) in [6.45, 7) is 5.76. The predicted molar refractivity (Wildman–Crippen MR) is 68.4 cm³/mol. The van der Waals surface area contributed by atoms with Crippen LogP contribution in [0.4, 0.5) is 0 Å². The lowest BCUT2D eigenvalue weighted by atomic mass is 9.82. The summed E-state index contributed by atoms with van der Waals surface area (Å²) in [5, 5.41) is 10.2. The molecule has 2 fully saturated rings. The molecule has 2 bridgehead atoms. The molecule has 0 aromatic heterocycles. The molecule has 3 N–H and O–H groups in total. The van der Waals surface area contributed by atoms with Crippen molar-refractivity contribution in [3.05, 3.63) is 12.3 Å². The van der Waals surface area contributed by atoms with E-state index in [1.807, 2.05) is 0 Å². The number of rotatable bonds is 4. The van der Waals surface area contributed by atoms with Crippen molar-refractivity contribution in [1.82, 2.24) is 0 Å². The number of ether oxygens (including phenoxy) is 1. The van der Waals surface area contributed by atoms with E-state index in [1.165, 1.54) is 0 Å². The maximum Gasteiger partial charge on any atom is 0.306 e. The molecule has 4 heteroatoms. The van der Waals surface area contributed by atoms with Gasteiger partial charge >= 0.3 is 5.97 Å². The highest BCUT2D eigenvalue weighted by atomic mass is 16.6. The highest BCUT2D eigenvalue weighted by Crippen LogP contribution is 2.46. The van der Waals surface area contributed by atoms with Crippen LogP contribution in [0.1, 0.15) is 39.0 Å². The molecule has 0 aromatic carbocycles. The minimum absolute atomic E-state index is 0.255. The van der Waals surface area contributed by atoms with Crippen LogP contribution in [0.5, 0.6) is 0 Å². The summed E-state index contributed by atoms with van der Waals surface area (Å²) in [7, 11) is 0. The fraction of sp³-hybridized carbons (Fsp3) is 0.786. The van der Waals surface area contributed by atoms with Gasteiger partial charge in [-0.3, -0.25) is 4.79 Å². The summed E-state index contributed by atoms with van der Waals surface area (Å²) in [4.78, 5) is 11.7. The average Bonchev–Trinajstić information content (AvgIpc) is 2.50. The number of esters is 1. The molecule has 18 heavy (non-hydrogen) atoms. The van der Waals surface area contributed by atoms with E-state index >= 15 is 0 Å². The van der Waals surface area contributed by atoms with E-state index in [9.17, 15) is 9.90 Å². The van der Waals surface area contributed by atoms with E-state index in [4.69, 9.17) is 10.5 Å². The van der Waals surface area contributed by atoms with E-state index in [1.54, 1.807) is 0 Å². The quantitative estimate of drug-likeness (QED) is 0.746. The number of aliphatic hydroxyl groups is 1. The van der Waals surface area contributed by atoms with Gasteiger partial charge in [-0.15, -0.1) is 0 Å². The van der Waals surface area contributed by atoms with Gasteiger partial charge in [-0.25, -0.2) is 0 Å². The zero-order valence-corrected chi connectivity index (χ0v) is 11.0. The molecular weight excluding hydrogens is 230 g/mol. The van der Waals surface area contributed by atoms with Crippen LogP contribution in [0, 0.1) is 17.8 Å². The van der Waals surface area contributed by atoms with Gasteiger partial charge < -0.3 is 15.6 Å². The van der Waals surface area contributed by atoms with Crippen molar-refractivity contribution in [3.63, 3.8) is 0 Å². The van der Waals surface area contributed by atoms with Crippen LogP contribution in [0.2, 0.25) is 0 Å². The number of hydrogen-bond acceptors (Lipinski definition) is 4. The number of carbonyl (C=O) groups is 1. The maximum absolute atomic E-state index is 11.7. The Kier molecular flexibility index (Phi) is 3.95. The summed E-state index contributed by atoms with van der Waals surface area (Å²) >= 11 is 0. The highest BCUT2D eigenvalue weighted by Gasteiger charge is 2.48. The number of hydrogen-bond donors (Lipinski definition) is 2. The molecule has 0 aliphatic heterocycles. The first-order chi connectivity index (χ1) is 8.47. The van der Waals surface area contributed by atoms with E-state index in [0.717, 1.165) is 19.3 Å². The van der Waals surface area contributed by atoms with Gasteiger partial charge in [0.1, 0.15) is 6.10 Å². The first-order valence-electron chi connectivity index (χ1n) is 6.78. The van der Waals surface area contributed by atoms with Crippen LogP contribution in [0.3, 0.4) is 0 Å². The normalized spacial score (nSPS) is 38.4. The molecule has 5 unspecified atom stereocenters. The number of allylic oxidation sites excluding steroid dienone is 1. The molecule has 4 nitrogen and oxygen atoms in total. The van der Waals surface area contributed by atoms with E-state index in [-0.39, 0.29) is 18.5 Å². The average molecular weight is 253 g/mol. The predicted octanol–water partition coefficient (Wildman–Crippen LogP) is 1.58. The lowest BCUT2D eigenvalue weighted by Gasteiger charge is -2.25. The van der Waals surface area contributed by atoms with Crippen LogP contribution in [0.15, 0.2) is 12.3 Å². The van der Waals surface area contributed by atoms with Gasteiger partial charge in [0.05, 0.1) is 12.5 Å². The van der Waals surface area contributed by atoms with Gasteiger partial charge in [0, 0.05) is 5.70 Å². The SMILES string of the molecule is C=C(N)CCC(=O)OC1C2CC(C)CC(C2)C1O. The Balaban J connectivity index is 1.89. The zero-order chi connectivity index (χ0) is 13.3. The first kappa shape index (κ1) is 13.4. The summed E-state index contributed by atoms with van der Waals surface area (Å²) in [6.07, 6.45) is 3.01. The summed E-state index contributed by atoms with van der Waals surface area (Å²) < 4.78 is 5.45. The molecule has 0 radical (unpaired) electrons. The monoisotopic (exact) mass is 253 g/mol. The fourth-order valence-corrected chi connectivity index (χ4v) is 3.44. The van der Waals surface area contributed by atoms with Crippen molar-refractivity contribution in [2.24, 2.45) is 23.5 Å². The molecule has 2 aliphatic carbocycles. The van der Waals surface area contributed by atoms with Gasteiger partial charge in [0.15, 0.2) is 0 Å². The van der Waals surface area contributed by atoms with Crippen molar-refractivity contribution in [1.29, 1.82) is 0 Å². The maximum atomic E-state index is 11.7. The standard InChI is InChI=1S/C14H23NO3/c1-8-5-10-7-11(6-8)14(13(10)17)18-12(16)4-3-9(2)15/h8,10-11,13-14,17H,2-7,15H2,1H3. The Morgan fingerprint density at radius 3 is 2.67 bits per heavy atom. The smallest absolute Gasteiger partial charge is 0.306 e. The van der Waals surface area contributed by atoms with Gasteiger partial charge in [-0.2, -0.15) is 0 Å². The third kappa shape index (κ3) is 2.86. The second kappa shape index (κ2) is 5.31. The van der Waals surface area contributed by atoms with Crippen molar-refractivity contribution in [2.75, 3.05) is 0 Å².